The second kappa shape index (κ2) is 5.36. The predicted molar refractivity (Wildman–Crippen MR) is 69.8 cm³/mol. The summed E-state index contributed by atoms with van der Waals surface area (Å²) in [5.41, 5.74) is 0.973. The van der Waals surface area contributed by atoms with Crippen molar-refractivity contribution in [3.63, 3.8) is 0 Å². The van der Waals surface area contributed by atoms with Crippen LogP contribution in [-0.4, -0.2) is 5.16 Å². The van der Waals surface area contributed by atoms with Crippen LogP contribution >= 0.6 is 11.6 Å². The third kappa shape index (κ3) is 3.07. The van der Waals surface area contributed by atoms with E-state index in [0.717, 1.165) is 17.7 Å². The quantitative estimate of drug-likeness (QED) is 0.902. The molecule has 1 aromatic heterocycles. The van der Waals surface area contributed by atoms with E-state index in [2.05, 4.69) is 10.5 Å². The normalized spacial score (nSPS) is 11.7. The number of benzene rings is 1. The maximum Gasteiger partial charge on any atom is 0.416 e. The molecule has 0 aliphatic carbocycles. The van der Waals surface area contributed by atoms with Gasteiger partial charge in [-0.2, -0.15) is 13.2 Å². The van der Waals surface area contributed by atoms with Crippen molar-refractivity contribution < 1.29 is 17.7 Å². The topological polar surface area (TPSA) is 38.1 Å². The maximum absolute atomic E-state index is 12.6. The highest BCUT2D eigenvalue weighted by Crippen LogP contribution is 2.34. The van der Waals surface area contributed by atoms with Gasteiger partial charge in [-0.3, -0.25) is 0 Å². The van der Waals surface area contributed by atoms with E-state index in [4.69, 9.17) is 16.1 Å². The molecule has 0 fully saturated rings. The summed E-state index contributed by atoms with van der Waals surface area (Å²) in [4.78, 5) is 0. The van der Waals surface area contributed by atoms with Crippen LogP contribution in [-0.2, 0) is 12.7 Å². The van der Waals surface area contributed by atoms with E-state index in [1.807, 2.05) is 0 Å². The van der Waals surface area contributed by atoms with Gasteiger partial charge >= 0.3 is 6.18 Å². The Balaban J connectivity index is 2.21. The minimum atomic E-state index is -4.40. The van der Waals surface area contributed by atoms with Gasteiger partial charge in [-0.1, -0.05) is 16.8 Å². The molecule has 2 rings (SSSR count). The Morgan fingerprint density at radius 2 is 2.00 bits per heavy atom. The molecule has 3 nitrogen and oxygen atoms in total. The monoisotopic (exact) mass is 304 g/mol. The van der Waals surface area contributed by atoms with E-state index >= 15 is 0 Å². The molecule has 0 unspecified atom stereocenters. The van der Waals surface area contributed by atoms with Crippen LogP contribution in [0.2, 0.25) is 5.02 Å². The number of halogens is 4. The summed E-state index contributed by atoms with van der Waals surface area (Å²) in [5.74, 6) is 0.623. The van der Waals surface area contributed by atoms with Crippen LogP contribution in [0.3, 0.4) is 0 Å². The van der Waals surface area contributed by atoms with Gasteiger partial charge in [0.1, 0.15) is 5.76 Å². The number of alkyl halides is 3. The van der Waals surface area contributed by atoms with Crippen molar-refractivity contribution in [3.05, 3.63) is 45.8 Å². The number of aromatic nitrogens is 1. The van der Waals surface area contributed by atoms with Crippen LogP contribution in [0.5, 0.6) is 0 Å². The zero-order chi connectivity index (χ0) is 14.9. The third-order valence-corrected chi connectivity index (χ3v) is 3.26. The fraction of sp³-hybridized carbons (Fsp3) is 0.308. The largest absolute Gasteiger partial charge is 0.416 e. The van der Waals surface area contributed by atoms with Crippen LogP contribution in [0.25, 0.3) is 0 Å². The number of aryl methyl sites for hydroxylation is 2. The molecule has 1 heterocycles. The average Bonchev–Trinajstić information content (AvgIpc) is 2.67. The van der Waals surface area contributed by atoms with Crippen molar-refractivity contribution in [2.75, 3.05) is 5.32 Å². The number of hydrogen-bond acceptors (Lipinski definition) is 3. The van der Waals surface area contributed by atoms with Gasteiger partial charge in [-0.25, -0.2) is 0 Å². The van der Waals surface area contributed by atoms with E-state index in [1.54, 1.807) is 13.8 Å². The smallest absolute Gasteiger partial charge is 0.380 e. The summed E-state index contributed by atoms with van der Waals surface area (Å²) < 4.78 is 42.9. The molecule has 0 saturated carbocycles. The van der Waals surface area contributed by atoms with Crippen LogP contribution in [0.15, 0.2) is 22.7 Å². The highest BCUT2D eigenvalue weighted by Gasteiger charge is 2.30. The first-order valence-corrected chi connectivity index (χ1v) is 6.19. The van der Waals surface area contributed by atoms with Gasteiger partial charge < -0.3 is 9.84 Å². The predicted octanol–water partition coefficient (Wildman–Crippen LogP) is 4.58. The summed E-state index contributed by atoms with van der Waals surface area (Å²) in [6.45, 7) is 3.80. The molecule has 0 spiro atoms. The molecule has 0 aliphatic heterocycles. The van der Waals surface area contributed by atoms with Crippen molar-refractivity contribution in [2.45, 2.75) is 26.6 Å². The third-order valence-electron chi connectivity index (χ3n) is 2.93. The Hall–Kier alpha value is -1.69. The summed E-state index contributed by atoms with van der Waals surface area (Å²) in [6.07, 6.45) is -4.40. The zero-order valence-corrected chi connectivity index (χ0v) is 11.6. The van der Waals surface area contributed by atoms with Gasteiger partial charge in [0.25, 0.3) is 0 Å². The summed E-state index contributed by atoms with van der Waals surface area (Å²) in [7, 11) is 0. The first-order chi connectivity index (χ1) is 9.29. The summed E-state index contributed by atoms with van der Waals surface area (Å²) in [5, 5.41) is 6.88. The Morgan fingerprint density at radius 3 is 2.55 bits per heavy atom. The highest BCUT2D eigenvalue weighted by molar-refractivity contribution is 6.33. The van der Waals surface area contributed by atoms with E-state index in [-0.39, 0.29) is 10.7 Å². The second-order valence-electron chi connectivity index (χ2n) is 4.35. The van der Waals surface area contributed by atoms with E-state index in [0.29, 0.717) is 18.0 Å². The molecule has 7 heteroatoms. The molecule has 0 bridgehead atoms. The lowest BCUT2D eigenvalue weighted by Gasteiger charge is -2.12. The lowest BCUT2D eigenvalue weighted by Crippen LogP contribution is -2.07. The van der Waals surface area contributed by atoms with Crippen LogP contribution < -0.4 is 5.32 Å². The van der Waals surface area contributed by atoms with Gasteiger partial charge in [-0.05, 0) is 32.0 Å². The maximum atomic E-state index is 12.6. The average molecular weight is 305 g/mol. The molecular weight excluding hydrogens is 293 g/mol. The standard InChI is InChI=1S/C13H12ClF3N2O/c1-7-10(8(2)20-19-7)6-18-12-5-9(13(15,16)17)3-4-11(12)14/h3-5,18H,6H2,1-2H3. The van der Waals surface area contributed by atoms with Gasteiger partial charge in [0.05, 0.1) is 22.0 Å². The number of nitrogens with zero attached hydrogens (tertiary/aromatic N) is 1. The minimum absolute atomic E-state index is 0.224. The Labute approximate surface area is 118 Å². The Kier molecular flexibility index (Phi) is 3.94. The van der Waals surface area contributed by atoms with Crippen molar-refractivity contribution >= 4 is 17.3 Å². The van der Waals surface area contributed by atoms with Gasteiger partial charge in [-0.15, -0.1) is 0 Å². The molecule has 1 N–H and O–H groups in total. The molecule has 108 valence electrons. The molecule has 1 aromatic carbocycles. The van der Waals surface area contributed by atoms with Gasteiger partial charge in [0.15, 0.2) is 0 Å². The van der Waals surface area contributed by atoms with Crippen molar-refractivity contribution in [1.29, 1.82) is 0 Å². The molecule has 0 radical (unpaired) electrons. The molecule has 0 aliphatic rings. The Morgan fingerprint density at radius 1 is 1.30 bits per heavy atom. The van der Waals surface area contributed by atoms with E-state index < -0.39 is 11.7 Å². The fourth-order valence-electron chi connectivity index (χ4n) is 1.77. The number of hydrogen-bond donors (Lipinski definition) is 1. The minimum Gasteiger partial charge on any atom is -0.380 e. The highest BCUT2D eigenvalue weighted by atomic mass is 35.5. The molecule has 0 amide bonds. The molecule has 2 aromatic rings. The number of rotatable bonds is 3. The SMILES string of the molecule is Cc1noc(C)c1CNc1cc(C(F)(F)F)ccc1Cl. The van der Waals surface area contributed by atoms with E-state index in [9.17, 15) is 13.2 Å². The fourth-order valence-corrected chi connectivity index (χ4v) is 1.96. The molecule has 0 atom stereocenters. The van der Waals surface area contributed by atoms with Gasteiger partial charge in [0.2, 0.25) is 0 Å². The van der Waals surface area contributed by atoms with Crippen LogP contribution in [0, 0.1) is 13.8 Å². The molecule has 20 heavy (non-hydrogen) atoms. The van der Waals surface area contributed by atoms with Gasteiger partial charge in [0, 0.05) is 12.1 Å². The summed E-state index contributed by atoms with van der Waals surface area (Å²) in [6, 6.07) is 3.16. The molecule has 0 saturated heterocycles. The zero-order valence-electron chi connectivity index (χ0n) is 10.8. The van der Waals surface area contributed by atoms with Crippen molar-refractivity contribution in [2.24, 2.45) is 0 Å². The first-order valence-electron chi connectivity index (χ1n) is 5.81. The lowest BCUT2D eigenvalue weighted by atomic mass is 10.1. The molecular formula is C13H12ClF3N2O. The van der Waals surface area contributed by atoms with Crippen LogP contribution in [0.4, 0.5) is 18.9 Å². The first kappa shape index (κ1) is 14.7. The Bertz CT molecular complexity index is 603. The van der Waals surface area contributed by atoms with E-state index in [1.165, 1.54) is 6.07 Å². The van der Waals surface area contributed by atoms with Crippen molar-refractivity contribution in [3.8, 4) is 0 Å². The van der Waals surface area contributed by atoms with Crippen LogP contribution in [0.1, 0.15) is 22.6 Å². The lowest BCUT2D eigenvalue weighted by molar-refractivity contribution is -0.137. The van der Waals surface area contributed by atoms with Crippen molar-refractivity contribution in [1.82, 2.24) is 5.16 Å². The second-order valence-corrected chi connectivity index (χ2v) is 4.76. The summed E-state index contributed by atoms with van der Waals surface area (Å²) >= 11 is 5.90. The number of anilines is 1. The number of nitrogens with one attached hydrogen (secondary N) is 1.